The van der Waals surface area contributed by atoms with Crippen LogP contribution in [0.1, 0.15) is 5.69 Å². The summed E-state index contributed by atoms with van der Waals surface area (Å²) in [6.07, 6.45) is 1.60. The van der Waals surface area contributed by atoms with E-state index in [9.17, 15) is 0 Å². The fourth-order valence-electron chi connectivity index (χ4n) is 3.64. The summed E-state index contributed by atoms with van der Waals surface area (Å²) in [5.74, 6) is 3.56. The Morgan fingerprint density at radius 2 is 1.61 bits per heavy atom. The molecule has 0 fully saturated rings. The number of rotatable bonds is 8. The number of amidine groups is 1. The summed E-state index contributed by atoms with van der Waals surface area (Å²) < 4.78 is 13.9. The summed E-state index contributed by atoms with van der Waals surface area (Å²) in [4.78, 5) is 13.7. The van der Waals surface area contributed by atoms with E-state index in [1.807, 2.05) is 84.4 Å². The number of nitrogens with two attached hydrogens (primary N) is 1. The van der Waals surface area contributed by atoms with Crippen molar-refractivity contribution in [1.29, 1.82) is 0 Å². The number of para-hydroxylation sites is 1. The molecule has 0 spiro atoms. The van der Waals surface area contributed by atoms with Gasteiger partial charge < -0.3 is 29.9 Å². The van der Waals surface area contributed by atoms with Crippen LogP contribution in [0.2, 0.25) is 0 Å². The number of aromatic nitrogens is 3. The molecule has 180 valence electrons. The maximum Gasteiger partial charge on any atom is 0.208 e. The third kappa shape index (κ3) is 5.05. The molecule has 0 unspecified atom stereocenters. The molecule has 0 saturated carbocycles. The van der Waals surface area contributed by atoms with Crippen LogP contribution in [0.25, 0.3) is 11.0 Å². The first-order valence-electron chi connectivity index (χ1n) is 11.2. The Morgan fingerprint density at radius 1 is 0.861 bits per heavy atom. The van der Waals surface area contributed by atoms with Crippen LogP contribution in [0.3, 0.4) is 0 Å². The molecule has 9 heteroatoms. The standard InChI is InChI=1S/C27H24N6O3/c1-33-25-12-11-21(36-22-13-14-29-24(17-22)26(28)32-34-2)16-23(25)31-27(33)30-18-7-6-10-20(15-18)35-19-8-4-3-5-9-19/h3-17H,1-2H3,(H2,28,32)(H,30,31). The van der Waals surface area contributed by atoms with E-state index >= 15 is 0 Å². The molecular weight excluding hydrogens is 456 g/mol. The van der Waals surface area contributed by atoms with Gasteiger partial charge in [-0.25, -0.2) is 4.98 Å². The predicted molar refractivity (Wildman–Crippen MR) is 139 cm³/mol. The number of nitrogens with zero attached hydrogens (tertiary/aromatic N) is 4. The van der Waals surface area contributed by atoms with Crippen molar-refractivity contribution < 1.29 is 14.3 Å². The molecule has 9 nitrogen and oxygen atoms in total. The number of imidazole rings is 1. The third-order valence-electron chi connectivity index (χ3n) is 5.34. The summed E-state index contributed by atoms with van der Waals surface area (Å²) in [5.41, 5.74) is 8.90. The van der Waals surface area contributed by atoms with Crippen molar-refractivity contribution in [3.8, 4) is 23.0 Å². The summed E-state index contributed by atoms with van der Waals surface area (Å²) in [7, 11) is 3.38. The fourth-order valence-corrected chi connectivity index (χ4v) is 3.64. The lowest BCUT2D eigenvalue weighted by molar-refractivity contribution is 0.213. The number of fused-ring (bicyclic) bond motifs is 1. The van der Waals surface area contributed by atoms with Crippen LogP contribution in [0, 0.1) is 0 Å². The molecule has 0 saturated heterocycles. The van der Waals surface area contributed by atoms with Crippen molar-refractivity contribution in [3.63, 3.8) is 0 Å². The number of aryl methyl sites for hydroxylation is 1. The number of benzene rings is 3. The van der Waals surface area contributed by atoms with Gasteiger partial charge in [0.2, 0.25) is 5.95 Å². The van der Waals surface area contributed by atoms with Gasteiger partial charge in [-0.3, -0.25) is 4.98 Å². The molecule has 2 heterocycles. The SMILES string of the molecule is CO/N=C(/N)c1cc(Oc2ccc3c(c2)nc(Nc2cccc(Oc4ccccc4)c2)n3C)ccn1. The molecule has 0 aliphatic heterocycles. The molecule has 0 bridgehead atoms. The van der Waals surface area contributed by atoms with Gasteiger partial charge in [0.25, 0.3) is 0 Å². The number of oxime groups is 1. The number of pyridine rings is 1. The van der Waals surface area contributed by atoms with Gasteiger partial charge in [0, 0.05) is 37.1 Å². The first-order chi connectivity index (χ1) is 17.6. The Balaban J connectivity index is 1.35. The van der Waals surface area contributed by atoms with Crippen molar-refractivity contribution in [1.82, 2.24) is 14.5 Å². The largest absolute Gasteiger partial charge is 0.457 e. The zero-order valence-electron chi connectivity index (χ0n) is 19.8. The van der Waals surface area contributed by atoms with Gasteiger partial charge in [-0.05, 0) is 42.5 Å². The molecule has 3 aromatic carbocycles. The highest BCUT2D eigenvalue weighted by atomic mass is 16.6. The first kappa shape index (κ1) is 22.7. The minimum Gasteiger partial charge on any atom is -0.457 e. The Morgan fingerprint density at radius 3 is 2.44 bits per heavy atom. The fraction of sp³-hybridized carbons (Fsp3) is 0.0741. The van der Waals surface area contributed by atoms with Crippen LogP contribution >= 0.6 is 0 Å². The molecule has 3 N–H and O–H groups in total. The van der Waals surface area contributed by atoms with Crippen LogP contribution < -0.4 is 20.5 Å². The van der Waals surface area contributed by atoms with Crippen molar-refractivity contribution in [2.24, 2.45) is 17.9 Å². The highest BCUT2D eigenvalue weighted by molar-refractivity contribution is 5.95. The minimum absolute atomic E-state index is 0.164. The van der Waals surface area contributed by atoms with Gasteiger partial charge in [-0.15, -0.1) is 0 Å². The maximum absolute atomic E-state index is 6.02. The quantitative estimate of drug-likeness (QED) is 0.170. The number of hydrogen-bond donors (Lipinski definition) is 2. The third-order valence-corrected chi connectivity index (χ3v) is 5.34. The number of anilines is 2. The van der Waals surface area contributed by atoms with Gasteiger partial charge in [-0.2, -0.15) is 0 Å². The van der Waals surface area contributed by atoms with E-state index in [1.165, 1.54) is 7.11 Å². The predicted octanol–water partition coefficient (Wildman–Crippen LogP) is 5.56. The second kappa shape index (κ2) is 10.1. The maximum atomic E-state index is 6.02. The first-order valence-corrected chi connectivity index (χ1v) is 11.2. The molecule has 0 radical (unpaired) electrons. The summed E-state index contributed by atoms with van der Waals surface area (Å²) in [6, 6.07) is 26.6. The van der Waals surface area contributed by atoms with E-state index < -0.39 is 0 Å². The molecule has 0 aliphatic carbocycles. The van der Waals surface area contributed by atoms with Gasteiger partial charge >= 0.3 is 0 Å². The smallest absolute Gasteiger partial charge is 0.208 e. The molecule has 2 aromatic heterocycles. The van der Waals surface area contributed by atoms with Gasteiger partial charge in [0.15, 0.2) is 5.84 Å². The molecule has 0 amide bonds. The lowest BCUT2D eigenvalue weighted by Crippen LogP contribution is -2.15. The second-order valence-electron chi connectivity index (χ2n) is 7.85. The number of hydrogen-bond acceptors (Lipinski definition) is 7. The van der Waals surface area contributed by atoms with E-state index in [-0.39, 0.29) is 5.84 Å². The average molecular weight is 481 g/mol. The Hall–Kier alpha value is -5.05. The van der Waals surface area contributed by atoms with Gasteiger partial charge in [0.1, 0.15) is 35.8 Å². The number of ether oxygens (including phenoxy) is 2. The van der Waals surface area contributed by atoms with E-state index in [2.05, 4.69) is 15.5 Å². The summed E-state index contributed by atoms with van der Waals surface area (Å²) >= 11 is 0. The average Bonchev–Trinajstić information content (AvgIpc) is 3.19. The van der Waals surface area contributed by atoms with Gasteiger partial charge in [-0.1, -0.05) is 29.4 Å². The lowest BCUT2D eigenvalue weighted by Gasteiger charge is -2.09. The van der Waals surface area contributed by atoms with Gasteiger partial charge in [0.05, 0.1) is 11.0 Å². The van der Waals surface area contributed by atoms with E-state index in [0.29, 0.717) is 23.1 Å². The zero-order chi connectivity index (χ0) is 24.9. The molecule has 5 aromatic rings. The van der Waals surface area contributed by atoms with E-state index in [0.717, 1.165) is 28.2 Å². The Kier molecular flexibility index (Phi) is 6.35. The molecule has 36 heavy (non-hydrogen) atoms. The summed E-state index contributed by atoms with van der Waals surface area (Å²) in [6.45, 7) is 0. The van der Waals surface area contributed by atoms with E-state index in [4.69, 9.17) is 25.0 Å². The van der Waals surface area contributed by atoms with Crippen LogP contribution in [-0.4, -0.2) is 27.5 Å². The van der Waals surface area contributed by atoms with Crippen LogP contribution in [0.15, 0.2) is 96.3 Å². The second-order valence-corrected chi connectivity index (χ2v) is 7.85. The summed E-state index contributed by atoms with van der Waals surface area (Å²) in [5, 5.41) is 7.08. The molecule has 0 atom stereocenters. The molecule has 0 aliphatic rings. The van der Waals surface area contributed by atoms with Crippen molar-refractivity contribution >= 4 is 28.5 Å². The monoisotopic (exact) mass is 480 g/mol. The Bertz CT molecular complexity index is 1530. The molecular formula is C27H24N6O3. The Labute approximate surface area is 207 Å². The topological polar surface area (TPSA) is 109 Å². The normalized spacial score (nSPS) is 11.3. The minimum atomic E-state index is 0.164. The van der Waals surface area contributed by atoms with Crippen molar-refractivity contribution in [2.45, 2.75) is 0 Å². The zero-order valence-corrected chi connectivity index (χ0v) is 19.8. The van der Waals surface area contributed by atoms with Crippen LogP contribution in [0.5, 0.6) is 23.0 Å². The highest BCUT2D eigenvalue weighted by Gasteiger charge is 2.11. The highest BCUT2D eigenvalue weighted by Crippen LogP contribution is 2.29. The van der Waals surface area contributed by atoms with Crippen LogP contribution in [-0.2, 0) is 11.9 Å². The number of nitrogens with one attached hydrogen (secondary N) is 1. The van der Waals surface area contributed by atoms with E-state index in [1.54, 1.807) is 18.3 Å². The van der Waals surface area contributed by atoms with Crippen LogP contribution in [0.4, 0.5) is 11.6 Å². The van der Waals surface area contributed by atoms with Crippen molar-refractivity contribution in [2.75, 3.05) is 12.4 Å². The van der Waals surface area contributed by atoms with Crippen molar-refractivity contribution in [3.05, 3.63) is 96.8 Å². The lowest BCUT2D eigenvalue weighted by atomic mass is 10.3. The molecule has 5 rings (SSSR count).